The summed E-state index contributed by atoms with van der Waals surface area (Å²) in [7, 11) is 0. The van der Waals surface area contributed by atoms with Gasteiger partial charge in [0.05, 0.1) is 11.8 Å². The highest BCUT2D eigenvalue weighted by molar-refractivity contribution is 6.04. The lowest BCUT2D eigenvalue weighted by atomic mass is 10.0. The summed E-state index contributed by atoms with van der Waals surface area (Å²) in [5.74, 6) is -0.715. The van der Waals surface area contributed by atoms with Gasteiger partial charge in [-0.1, -0.05) is 0 Å². The zero-order valence-electron chi connectivity index (χ0n) is 18.8. The Bertz CT molecular complexity index is 1150. The zero-order valence-corrected chi connectivity index (χ0v) is 18.8. The molecule has 8 nitrogen and oxygen atoms in total. The van der Waals surface area contributed by atoms with E-state index in [9.17, 15) is 14.0 Å². The Balaban J connectivity index is 1.44. The number of rotatable bonds is 5. The average Bonchev–Trinajstić information content (AvgIpc) is 3.32. The van der Waals surface area contributed by atoms with Gasteiger partial charge in [0.15, 0.2) is 6.39 Å². The van der Waals surface area contributed by atoms with Crippen LogP contribution in [0, 0.1) is 19.7 Å². The lowest BCUT2D eigenvalue weighted by Gasteiger charge is -2.39. The maximum Gasteiger partial charge on any atom is 0.291 e. The molecule has 1 aliphatic rings. The number of anilines is 1. The maximum absolute atomic E-state index is 14.4. The molecule has 4 rings (SSSR count). The van der Waals surface area contributed by atoms with E-state index in [1.54, 1.807) is 17.0 Å². The molecule has 1 fully saturated rings. The Morgan fingerprint density at radius 3 is 2.70 bits per heavy atom. The highest BCUT2D eigenvalue weighted by Crippen LogP contribution is 2.25. The van der Waals surface area contributed by atoms with E-state index in [0.717, 1.165) is 16.8 Å². The van der Waals surface area contributed by atoms with E-state index in [4.69, 9.17) is 4.42 Å². The van der Waals surface area contributed by atoms with Crippen LogP contribution in [-0.2, 0) is 6.54 Å². The average molecular weight is 452 g/mol. The molecule has 0 radical (unpaired) electrons. The summed E-state index contributed by atoms with van der Waals surface area (Å²) in [5.41, 5.74) is 3.25. The van der Waals surface area contributed by atoms with Crippen molar-refractivity contribution in [3.8, 4) is 0 Å². The number of halogens is 1. The van der Waals surface area contributed by atoms with Gasteiger partial charge in [0, 0.05) is 49.8 Å². The number of aryl methyl sites for hydroxylation is 1. The second-order valence-electron chi connectivity index (χ2n) is 8.33. The second kappa shape index (κ2) is 9.50. The molecule has 0 bridgehead atoms. The number of carbonyl (C=O) groups excluding carboxylic acids is 2. The van der Waals surface area contributed by atoms with Gasteiger partial charge in [0.25, 0.3) is 11.8 Å². The number of oxazole rings is 1. The first kappa shape index (κ1) is 22.6. The molecule has 1 aliphatic heterocycles. The number of benzene rings is 1. The van der Waals surface area contributed by atoms with Crippen LogP contribution in [0.5, 0.6) is 0 Å². The fourth-order valence-electron chi connectivity index (χ4n) is 4.01. The van der Waals surface area contributed by atoms with Crippen LogP contribution in [-0.4, -0.2) is 57.3 Å². The molecule has 9 heteroatoms. The van der Waals surface area contributed by atoms with Crippen molar-refractivity contribution in [2.45, 2.75) is 33.4 Å². The number of nitrogens with zero attached hydrogens (tertiary/aromatic N) is 4. The van der Waals surface area contributed by atoms with Crippen LogP contribution in [0.25, 0.3) is 0 Å². The molecule has 2 amide bonds. The second-order valence-corrected chi connectivity index (χ2v) is 8.33. The van der Waals surface area contributed by atoms with Gasteiger partial charge in [-0.15, -0.1) is 0 Å². The summed E-state index contributed by atoms with van der Waals surface area (Å²) in [5, 5.41) is 2.80. The minimum atomic E-state index is -0.417. The summed E-state index contributed by atoms with van der Waals surface area (Å²) in [6.45, 7) is 7.98. The van der Waals surface area contributed by atoms with E-state index >= 15 is 0 Å². The van der Waals surface area contributed by atoms with Gasteiger partial charge in [-0.05, 0) is 56.2 Å². The van der Waals surface area contributed by atoms with E-state index < -0.39 is 5.82 Å². The molecule has 1 atom stereocenters. The summed E-state index contributed by atoms with van der Waals surface area (Å²) in [6.07, 6.45) is 4.16. The molecule has 0 aliphatic carbocycles. The van der Waals surface area contributed by atoms with Gasteiger partial charge in [-0.25, -0.2) is 9.37 Å². The topological polar surface area (TPSA) is 91.6 Å². The van der Waals surface area contributed by atoms with E-state index in [-0.39, 0.29) is 23.6 Å². The summed E-state index contributed by atoms with van der Waals surface area (Å²) in [4.78, 5) is 37.1. The van der Waals surface area contributed by atoms with Crippen LogP contribution in [0.2, 0.25) is 0 Å². The van der Waals surface area contributed by atoms with Gasteiger partial charge in [-0.2, -0.15) is 0 Å². The lowest BCUT2D eigenvalue weighted by molar-refractivity contribution is 0.0446. The number of amides is 2. The predicted octanol–water partition coefficient (Wildman–Crippen LogP) is 3.42. The minimum absolute atomic E-state index is 0.0431. The molecule has 1 aromatic carbocycles. The van der Waals surface area contributed by atoms with Crippen molar-refractivity contribution in [3.05, 3.63) is 77.0 Å². The lowest BCUT2D eigenvalue weighted by Crippen LogP contribution is -2.53. The maximum atomic E-state index is 14.4. The Kier molecular flexibility index (Phi) is 6.50. The van der Waals surface area contributed by atoms with Crippen LogP contribution in [0.15, 0.2) is 47.5 Å². The van der Waals surface area contributed by atoms with Crippen molar-refractivity contribution in [2.75, 3.05) is 25.0 Å². The zero-order chi connectivity index (χ0) is 23.5. The molecule has 172 valence electrons. The number of piperazine rings is 1. The normalized spacial score (nSPS) is 16.6. The Morgan fingerprint density at radius 1 is 1.21 bits per heavy atom. The SMILES string of the molecule is Cc1ccc(C(=O)Nc2cc(F)cc(CN3CCN(C(=O)c4cnco4)C(C)C3)c2C)cn1. The first-order chi connectivity index (χ1) is 15.8. The third kappa shape index (κ3) is 5.09. The molecule has 2 aromatic heterocycles. The minimum Gasteiger partial charge on any atom is -0.438 e. The molecule has 0 saturated carbocycles. The van der Waals surface area contributed by atoms with Crippen molar-refractivity contribution < 1.29 is 18.4 Å². The number of hydrogen-bond acceptors (Lipinski definition) is 6. The standard InChI is InChI=1S/C24H26FN5O3/c1-15-4-5-18(10-27-15)23(31)28-21-9-20(25)8-19(17(21)3)13-29-6-7-30(16(2)12-29)24(32)22-11-26-14-33-22/h4-5,8-11,14,16H,6-7,12-13H2,1-3H3,(H,28,31). The third-order valence-corrected chi connectivity index (χ3v) is 5.91. The van der Waals surface area contributed by atoms with E-state index in [1.165, 1.54) is 30.9 Å². The third-order valence-electron chi connectivity index (χ3n) is 5.91. The van der Waals surface area contributed by atoms with Crippen molar-refractivity contribution in [2.24, 2.45) is 0 Å². The predicted molar refractivity (Wildman–Crippen MR) is 120 cm³/mol. The molecule has 3 heterocycles. The van der Waals surface area contributed by atoms with E-state index in [1.807, 2.05) is 20.8 Å². The van der Waals surface area contributed by atoms with Crippen LogP contribution in [0.4, 0.5) is 10.1 Å². The van der Waals surface area contributed by atoms with Crippen molar-refractivity contribution >= 4 is 17.5 Å². The summed E-state index contributed by atoms with van der Waals surface area (Å²) < 4.78 is 19.6. The number of carbonyl (C=O) groups is 2. The molecule has 3 aromatic rings. The Labute approximate surface area is 191 Å². The highest BCUT2D eigenvalue weighted by Gasteiger charge is 2.30. The van der Waals surface area contributed by atoms with Crippen LogP contribution in [0.3, 0.4) is 0 Å². The van der Waals surface area contributed by atoms with Gasteiger partial charge in [-0.3, -0.25) is 19.5 Å². The van der Waals surface area contributed by atoms with Crippen molar-refractivity contribution in [1.82, 2.24) is 19.8 Å². The van der Waals surface area contributed by atoms with E-state index in [2.05, 4.69) is 20.2 Å². The number of hydrogen-bond donors (Lipinski definition) is 1. The van der Waals surface area contributed by atoms with Gasteiger partial charge in [0.2, 0.25) is 5.76 Å². The molecule has 33 heavy (non-hydrogen) atoms. The fourth-order valence-corrected chi connectivity index (χ4v) is 4.01. The van der Waals surface area contributed by atoms with Crippen molar-refractivity contribution in [3.63, 3.8) is 0 Å². The first-order valence-corrected chi connectivity index (χ1v) is 10.8. The van der Waals surface area contributed by atoms with Gasteiger partial charge in [0.1, 0.15) is 5.82 Å². The number of aromatic nitrogens is 2. The van der Waals surface area contributed by atoms with Gasteiger partial charge >= 0.3 is 0 Å². The van der Waals surface area contributed by atoms with Crippen LogP contribution in [0.1, 0.15) is 44.7 Å². The molecular weight excluding hydrogens is 425 g/mol. The highest BCUT2D eigenvalue weighted by atomic mass is 19.1. The smallest absolute Gasteiger partial charge is 0.291 e. The summed E-state index contributed by atoms with van der Waals surface area (Å²) in [6, 6.07) is 6.23. The first-order valence-electron chi connectivity index (χ1n) is 10.8. The number of pyridine rings is 1. The van der Waals surface area contributed by atoms with E-state index in [0.29, 0.717) is 37.4 Å². The summed E-state index contributed by atoms with van der Waals surface area (Å²) >= 11 is 0. The molecule has 0 spiro atoms. The quantitative estimate of drug-likeness (QED) is 0.639. The Morgan fingerprint density at radius 2 is 2.03 bits per heavy atom. The monoisotopic (exact) mass is 451 g/mol. The number of nitrogens with one attached hydrogen (secondary N) is 1. The van der Waals surface area contributed by atoms with Crippen molar-refractivity contribution in [1.29, 1.82) is 0 Å². The molecular formula is C24H26FN5O3. The molecule has 1 unspecified atom stereocenters. The largest absolute Gasteiger partial charge is 0.438 e. The van der Waals surface area contributed by atoms with Crippen LogP contribution < -0.4 is 5.32 Å². The van der Waals surface area contributed by atoms with Gasteiger partial charge < -0.3 is 14.6 Å². The van der Waals surface area contributed by atoms with Crippen LogP contribution >= 0.6 is 0 Å². The molecule has 1 saturated heterocycles. The fraction of sp³-hybridized carbons (Fsp3) is 0.333. The Hall–Kier alpha value is -3.59. The molecule has 1 N–H and O–H groups in total.